The van der Waals surface area contributed by atoms with Gasteiger partial charge in [0.15, 0.2) is 11.5 Å². The van der Waals surface area contributed by atoms with Crippen molar-refractivity contribution in [2.24, 2.45) is 0 Å². The first-order valence-electron chi connectivity index (χ1n) is 12.8. The fourth-order valence-corrected chi connectivity index (χ4v) is 5.77. The van der Waals surface area contributed by atoms with Gasteiger partial charge in [-0.2, -0.15) is 0 Å². The molecule has 1 N–H and O–H groups in total. The van der Waals surface area contributed by atoms with E-state index in [-0.39, 0.29) is 22.9 Å². The summed E-state index contributed by atoms with van der Waals surface area (Å²) in [4.78, 5) is 27.7. The maximum atomic E-state index is 14.1. The molecule has 0 aromatic heterocycles. The molecule has 0 fully saturated rings. The number of benzene rings is 3. The number of halogens is 1. The molecular weight excluding hydrogens is 570 g/mol. The molecule has 220 valence electrons. The van der Waals surface area contributed by atoms with Crippen molar-refractivity contribution in [1.29, 1.82) is 0 Å². The smallest absolute Gasteiger partial charge is 0.264 e. The number of anilines is 1. The van der Waals surface area contributed by atoms with Crippen molar-refractivity contribution in [2.45, 2.75) is 31.3 Å². The van der Waals surface area contributed by atoms with Gasteiger partial charge >= 0.3 is 0 Å². The van der Waals surface area contributed by atoms with E-state index in [0.717, 1.165) is 4.31 Å². The minimum absolute atomic E-state index is 0.0293. The van der Waals surface area contributed by atoms with E-state index < -0.39 is 34.4 Å². The van der Waals surface area contributed by atoms with Crippen LogP contribution < -0.4 is 23.8 Å². The average molecular weight is 604 g/mol. The summed E-state index contributed by atoms with van der Waals surface area (Å²) in [5, 5.41) is 3.02. The molecule has 0 aliphatic carbocycles. The molecule has 3 rings (SSSR count). The Hall–Kier alpha value is -3.96. The van der Waals surface area contributed by atoms with E-state index in [2.05, 4.69) is 5.32 Å². The molecule has 2 amide bonds. The number of nitrogens with one attached hydrogen (secondary N) is 1. The number of amides is 2. The molecule has 0 bridgehead atoms. The fraction of sp³-hybridized carbons (Fsp3) is 0.310. The molecule has 41 heavy (non-hydrogen) atoms. The second-order valence-corrected chi connectivity index (χ2v) is 11.2. The standard InChI is InChI=1S/C29H34ClN3O7S/c1-6-40-24-12-10-23(11-13-24)33(41(36,37)25-14-15-26(38-4)27(17-25)39-5)19-28(34)32(20(2)29(35)31-3)18-21-8-7-9-22(30)16-21/h7-17,20H,6,18-19H2,1-5H3,(H,31,35). The maximum absolute atomic E-state index is 14.1. The van der Waals surface area contributed by atoms with Crippen molar-refractivity contribution in [3.8, 4) is 17.2 Å². The first-order chi connectivity index (χ1) is 19.5. The van der Waals surface area contributed by atoms with Gasteiger partial charge in [-0.1, -0.05) is 23.7 Å². The normalized spacial score (nSPS) is 11.8. The SMILES string of the molecule is CCOc1ccc(N(CC(=O)N(Cc2cccc(Cl)c2)C(C)C(=O)NC)S(=O)(=O)c2ccc(OC)c(OC)c2)cc1. The van der Waals surface area contributed by atoms with E-state index in [1.807, 2.05) is 6.92 Å². The number of carbonyl (C=O) groups excluding carboxylic acids is 2. The van der Waals surface area contributed by atoms with E-state index in [1.54, 1.807) is 55.5 Å². The molecule has 3 aromatic rings. The third-order valence-corrected chi connectivity index (χ3v) is 8.32. The monoisotopic (exact) mass is 603 g/mol. The van der Waals surface area contributed by atoms with Gasteiger partial charge in [0.2, 0.25) is 11.8 Å². The predicted octanol–water partition coefficient (Wildman–Crippen LogP) is 4.11. The summed E-state index contributed by atoms with van der Waals surface area (Å²) in [5.74, 6) is 0.0984. The van der Waals surface area contributed by atoms with Crippen LogP contribution in [0, 0.1) is 0 Å². The number of likely N-dealkylation sites (N-methyl/N-ethyl adjacent to an activating group) is 1. The predicted molar refractivity (Wildman–Crippen MR) is 157 cm³/mol. The van der Waals surface area contributed by atoms with E-state index in [9.17, 15) is 18.0 Å². The molecular formula is C29H34ClN3O7S. The summed E-state index contributed by atoms with van der Waals surface area (Å²) in [6, 6.07) is 16.5. The van der Waals surface area contributed by atoms with Gasteiger partial charge < -0.3 is 24.4 Å². The van der Waals surface area contributed by atoms with Gasteiger partial charge in [-0.3, -0.25) is 13.9 Å². The van der Waals surface area contributed by atoms with Crippen molar-refractivity contribution >= 4 is 39.1 Å². The van der Waals surface area contributed by atoms with Crippen LogP contribution in [0.4, 0.5) is 5.69 Å². The Bertz CT molecular complexity index is 1470. The number of nitrogens with zero attached hydrogens (tertiary/aromatic N) is 2. The molecule has 0 saturated carbocycles. The Morgan fingerprint density at radius 3 is 2.24 bits per heavy atom. The Kier molecular flexibility index (Phi) is 10.8. The Morgan fingerprint density at radius 1 is 0.976 bits per heavy atom. The number of methoxy groups -OCH3 is 2. The largest absolute Gasteiger partial charge is 0.494 e. The highest BCUT2D eigenvalue weighted by Gasteiger charge is 2.33. The highest BCUT2D eigenvalue weighted by molar-refractivity contribution is 7.92. The molecule has 10 nitrogen and oxygen atoms in total. The zero-order valence-corrected chi connectivity index (χ0v) is 25.2. The lowest BCUT2D eigenvalue weighted by Gasteiger charge is -2.32. The Balaban J connectivity index is 2.08. The second-order valence-electron chi connectivity index (χ2n) is 8.90. The highest BCUT2D eigenvalue weighted by Crippen LogP contribution is 2.33. The number of rotatable bonds is 13. The summed E-state index contributed by atoms with van der Waals surface area (Å²) in [7, 11) is 0.000385. The molecule has 12 heteroatoms. The van der Waals surface area contributed by atoms with Crippen molar-refractivity contribution < 1.29 is 32.2 Å². The molecule has 0 aliphatic rings. The van der Waals surface area contributed by atoms with Gasteiger partial charge in [0, 0.05) is 24.7 Å². The van der Waals surface area contributed by atoms with Crippen LogP contribution in [0.3, 0.4) is 0 Å². The third kappa shape index (κ3) is 7.62. The molecule has 0 spiro atoms. The topological polar surface area (TPSA) is 114 Å². The molecule has 0 aliphatic heterocycles. The molecule has 1 atom stereocenters. The van der Waals surface area contributed by atoms with Crippen LogP contribution in [0.1, 0.15) is 19.4 Å². The van der Waals surface area contributed by atoms with Gasteiger partial charge in [0.25, 0.3) is 10.0 Å². The van der Waals surface area contributed by atoms with Gasteiger partial charge in [0.1, 0.15) is 18.3 Å². The third-order valence-electron chi connectivity index (χ3n) is 6.31. The van der Waals surface area contributed by atoms with E-state index in [0.29, 0.717) is 28.7 Å². The summed E-state index contributed by atoms with van der Waals surface area (Å²) < 4.78 is 45.2. The summed E-state index contributed by atoms with van der Waals surface area (Å²) in [6.07, 6.45) is 0. The molecule has 0 radical (unpaired) electrons. The number of hydrogen-bond donors (Lipinski definition) is 1. The first-order valence-corrected chi connectivity index (χ1v) is 14.6. The highest BCUT2D eigenvalue weighted by atomic mass is 35.5. The number of carbonyl (C=O) groups is 2. The van der Waals surface area contributed by atoms with Crippen LogP contribution in [0.25, 0.3) is 0 Å². The average Bonchev–Trinajstić information content (AvgIpc) is 2.98. The maximum Gasteiger partial charge on any atom is 0.264 e. The first kappa shape index (κ1) is 31.6. The zero-order valence-electron chi connectivity index (χ0n) is 23.6. The molecule has 1 unspecified atom stereocenters. The quantitative estimate of drug-likeness (QED) is 0.313. The van der Waals surface area contributed by atoms with Gasteiger partial charge in [-0.15, -0.1) is 0 Å². The minimum atomic E-state index is -4.31. The minimum Gasteiger partial charge on any atom is -0.494 e. The lowest BCUT2D eigenvalue weighted by molar-refractivity contribution is -0.139. The summed E-state index contributed by atoms with van der Waals surface area (Å²) in [5.41, 5.74) is 0.906. The van der Waals surface area contributed by atoms with Crippen LogP contribution >= 0.6 is 11.6 Å². The Labute approximate surface area is 245 Å². The Morgan fingerprint density at radius 2 is 1.66 bits per heavy atom. The molecule has 0 saturated heterocycles. The lowest BCUT2D eigenvalue weighted by atomic mass is 10.1. The van der Waals surface area contributed by atoms with E-state index in [4.69, 9.17) is 25.8 Å². The number of sulfonamides is 1. The summed E-state index contributed by atoms with van der Waals surface area (Å²) >= 11 is 6.15. The van der Waals surface area contributed by atoms with Gasteiger partial charge in [0.05, 0.1) is 31.4 Å². The number of hydrogen-bond acceptors (Lipinski definition) is 7. The van der Waals surface area contributed by atoms with Crippen molar-refractivity contribution in [3.05, 3.63) is 77.3 Å². The van der Waals surface area contributed by atoms with Crippen LogP contribution in [-0.2, 0) is 26.2 Å². The van der Waals surface area contributed by atoms with Gasteiger partial charge in [-0.05, 0) is 67.9 Å². The van der Waals surface area contributed by atoms with Crippen LogP contribution in [0.5, 0.6) is 17.2 Å². The lowest BCUT2D eigenvalue weighted by Crippen LogP contribution is -2.50. The van der Waals surface area contributed by atoms with Crippen molar-refractivity contribution in [3.63, 3.8) is 0 Å². The van der Waals surface area contributed by atoms with Crippen LogP contribution in [-0.4, -0.2) is 65.6 Å². The van der Waals surface area contributed by atoms with E-state index >= 15 is 0 Å². The van der Waals surface area contributed by atoms with Crippen molar-refractivity contribution in [2.75, 3.05) is 38.7 Å². The van der Waals surface area contributed by atoms with E-state index in [1.165, 1.54) is 44.4 Å². The van der Waals surface area contributed by atoms with Gasteiger partial charge in [-0.25, -0.2) is 8.42 Å². The number of ether oxygens (including phenoxy) is 3. The molecule has 3 aromatic carbocycles. The zero-order chi connectivity index (χ0) is 30.2. The van der Waals surface area contributed by atoms with Crippen molar-refractivity contribution in [1.82, 2.24) is 10.2 Å². The fourth-order valence-electron chi connectivity index (χ4n) is 4.13. The molecule has 0 heterocycles. The van der Waals surface area contributed by atoms with Crippen LogP contribution in [0.2, 0.25) is 5.02 Å². The second kappa shape index (κ2) is 14.1. The summed E-state index contributed by atoms with van der Waals surface area (Å²) in [6.45, 7) is 3.28. The van der Waals surface area contributed by atoms with Crippen LogP contribution in [0.15, 0.2) is 71.6 Å².